The smallest absolute Gasteiger partial charge is 0.191 e. The van der Waals surface area contributed by atoms with Crippen molar-refractivity contribution in [2.45, 2.75) is 58.4 Å². The third kappa shape index (κ3) is 5.93. The first-order valence-corrected chi connectivity index (χ1v) is 11.4. The van der Waals surface area contributed by atoms with Gasteiger partial charge in [0.05, 0.1) is 11.1 Å². The van der Waals surface area contributed by atoms with E-state index in [2.05, 4.69) is 56.7 Å². The Kier molecular flexibility index (Phi) is 6.78. The van der Waals surface area contributed by atoms with E-state index < -0.39 is 8.32 Å². The van der Waals surface area contributed by atoms with Crippen LogP contribution in [0, 0.1) is 0 Å². The quantitative estimate of drug-likeness (QED) is 0.529. The molecule has 0 radical (unpaired) electrons. The van der Waals surface area contributed by atoms with Crippen LogP contribution in [0.1, 0.15) is 34.1 Å². The monoisotopic (exact) mass is 392 g/mol. The highest BCUT2D eigenvalue weighted by Gasteiger charge is 2.36. The summed E-state index contributed by atoms with van der Waals surface area (Å²) in [7, 11) is -1.66. The maximum Gasteiger partial charge on any atom is 0.191 e. The molecule has 0 saturated carbocycles. The molecule has 0 N–H and O–H groups in total. The van der Waals surface area contributed by atoms with Gasteiger partial charge in [-0.3, -0.25) is 0 Å². The minimum Gasteiger partial charge on any atom is -0.491 e. The lowest BCUT2D eigenvalue weighted by molar-refractivity contribution is 0.171. The summed E-state index contributed by atoms with van der Waals surface area (Å²) >= 11 is 9.44. The molecular formula is C16H26BrClO2Si. The van der Waals surface area contributed by atoms with Crippen molar-refractivity contribution in [3.8, 4) is 5.75 Å². The van der Waals surface area contributed by atoms with E-state index in [9.17, 15) is 0 Å². The number of hydrogen-bond acceptors (Lipinski definition) is 2. The Hall–Kier alpha value is -0.0331. The highest BCUT2D eigenvalue weighted by molar-refractivity contribution is 9.10. The summed E-state index contributed by atoms with van der Waals surface area (Å²) in [6.07, 6.45) is 0.979. The summed E-state index contributed by atoms with van der Waals surface area (Å²) in [5.41, 5.74) is 0. The normalized spacial score (nSPS) is 14.1. The Labute approximate surface area is 143 Å². The van der Waals surface area contributed by atoms with Crippen molar-refractivity contribution in [1.82, 2.24) is 0 Å². The number of ether oxygens (including phenoxy) is 1. The van der Waals surface area contributed by atoms with Crippen LogP contribution in [-0.2, 0) is 4.43 Å². The number of hydrogen-bond donors (Lipinski definition) is 0. The van der Waals surface area contributed by atoms with Crippen molar-refractivity contribution in [1.29, 1.82) is 0 Å². The molecule has 1 unspecified atom stereocenters. The Balaban J connectivity index is 2.44. The van der Waals surface area contributed by atoms with E-state index in [4.69, 9.17) is 20.8 Å². The zero-order valence-corrected chi connectivity index (χ0v) is 17.1. The predicted octanol–water partition coefficient (Wildman–Crippen LogP) is 6.28. The second-order valence-electron chi connectivity index (χ2n) is 6.90. The third-order valence-electron chi connectivity index (χ3n) is 4.02. The van der Waals surface area contributed by atoms with E-state index >= 15 is 0 Å². The van der Waals surface area contributed by atoms with Crippen LogP contribution in [-0.4, -0.2) is 21.0 Å². The maximum atomic E-state index is 6.17. The lowest BCUT2D eigenvalue weighted by Gasteiger charge is -2.36. The Morgan fingerprint density at radius 3 is 2.43 bits per heavy atom. The van der Waals surface area contributed by atoms with Crippen molar-refractivity contribution in [3.63, 3.8) is 0 Å². The molecule has 0 bridgehead atoms. The first-order chi connectivity index (χ1) is 9.53. The molecule has 2 nitrogen and oxygen atoms in total. The minimum absolute atomic E-state index is 0.104. The van der Waals surface area contributed by atoms with Crippen LogP contribution in [0.2, 0.25) is 23.2 Å². The third-order valence-corrected chi connectivity index (χ3v) is 9.79. The van der Waals surface area contributed by atoms with Crippen molar-refractivity contribution < 1.29 is 9.16 Å². The Morgan fingerprint density at radius 2 is 1.90 bits per heavy atom. The summed E-state index contributed by atoms with van der Waals surface area (Å²) in [6, 6.07) is 5.65. The molecule has 0 fully saturated rings. The minimum atomic E-state index is -1.66. The molecular weight excluding hydrogens is 368 g/mol. The van der Waals surface area contributed by atoms with Crippen molar-refractivity contribution in [3.05, 3.63) is 27.7 Å². The SMILES string of the molecule is CC(CCO[Si](C)(C)C(C)(C)C)Oc1ccc(Br)c(Cl)c1. The first-order valence-electron chi connectivity index (χ1n) is 7.28. The molecule has 5 heteroatoms. The van der Waals surface area contributed by atoms with Crippen LogP contribution < -0.4 is 4.74 Å². The molecule has 1 aromatic rings. The van der Waals surface area contributed by atoms with Gasteiger partial charge in [-0.25, -0.2) is 0 Å². The van der Waals surface area contributed by atoms with E-state index in [-0.39, 0.29) is 11.1 Å². The molecule has 0 aliphatic carbocycles. The fraction of sp³-hybridized carbons (Fsp3) is 0.625. The van der Waals surface area contributed by atoms with Gasteiger partial charge in [-0.2, -0.15) is 0 Å². The zero-order valence-electron chi connectivity index (χ0n) is 13.8. The Bertz CT molecular complexity index is 472. The zero-order chi connectivity index (χ0) is 16.3. The largest absolute Gasteiger partial charge is 0.491 e. The van der Waals surface area contributed by atoms with Crippen molar-refractivity contribution >= 4 is 35.8 Å². The van der Waals surface area contributed by atoms with Gasteiger partial charge in [0.25, 0.3) is 0 Å². The molecule has 1 rings (SSSR count). The summed E-state index contributed by atoms with van der Waals surface area (Å²) in [6.45, 7) is 14.1. The molecule has 0 aliphatic heterocycles. The summed E-state index contributed by atoms with van der Waals surface area (Å²) in [5.74, 6) is 0.794. The van der Waals surface area contributed by atoms with Gasteiger partial charge in [0, 0.05) is 17.5 Å². The van der Waals surface area contributed by atoms with Gasteiger partial charge < -0.3 is 9.16 Å². The number of benzene rings is 1. The van der Waals surface area contributed by atoms with Gasteiger partial charge in [-0.1, -0.05) is 32.4 Å². The fourth-order valence-electron chi connectivity index (χ4n) is 1.54. The summed E-state index contributed by atoms with van der Waals surface area (Å²) in [4.78, 5) is 0. The molecule has 0 aliphatic rings. The van der Waals surface area contributed by atoms with Crippen LogP contribution >= 0.6 is 27.5 Å². The predicted molar refractivity (Wildman–Crippen MR) is 97.0 cm³/mol. The topological polar surface area (TPSA) is 18.5 Å². The molecule has 1 aromatic carbocycles. The molecule has 0 heterocycles. The number of halogens is 2. The van der Waals surface area contributed by atoms with Crippen LogP contribution in [0.5, 0.6) is 5.75 Å². The molecule has 0 aromatic heterocycles. The van der Waals surface area contributed by atoms with Crippen LogP contribution in [0.4, 0.5) is 0 Å². The molecule has 0 spiro atoms. The Morgan fingerprint density at radius 1 is 1.29 bits per heavy atom. The van der Waals surface area contributed by atoms with Gasteiger partial charge in [-0.15, -0.1) is 0 Å². The second kappa shape index (κ2) is 7.49. The maximum absolute atomic E-state index is 6.17. The highest BCUT2D eigenvalue weighted by atomic mass is 79.9. The van der Waals surface area contributed by atoms with E-state index in [1.165, 1.54) is 0 Å². The molecule has 21 heavy (non-hydrogen) atoms. The van der Waals surface area contributed by atoms with E-state index in [0.29, 0.717) is 5.02 Å². The molecule has 0 saturated heterocycles. The lowest BCUT2D eigenvalue weighted by atomic mass is 10.2. The average Bonchev–Trinajstić information content (AvgIpc) is 2.32. The molecule has 1 atom stereocenters. The first kappa shape index (κ1) is 19.0. The number of rotatable bonds is 6. The van der Waals surface area contributed by atoms with Gasteiger partial charge in [-0.05, 0) is 59.2 Å². The molecule has 0 amide bonds. The van der Waals surface area contributed by atoms with Crippen LogP contribution in [0.15, 0.2) is 22.7 Å². The van der Waals surface area contributed by atoms with E-state index in [1.807, 2.05) is 18.2 Å². The van der Waals surface area contributed by atoms with Crippen LogP contribution in [0.3, 0.4) is 0 Å². The second-order valence-corrected chi connectivity index (χ2v) is 13.0. The van der Waals surface area contributed by atoms with E-state index in [1.54, 1.807) is 0 Å². The molecule has 120 valence electrons. The fourth-order valence-corrected chi connectivity index (χ4v) is 3.02. The summed E-state index contributed by atoms with van der Waals surface area (Å²) < 4.78 is 12.9. The van der Waals surface area contributed by atoms with Gasteiger partial charge >= 0.3 is 0 Å². The van der Waals surface area contributed by atoms with Gasteiger partial charge in [0.2, 0.25) is 0 Å². The van der Waals surface area contributed by atoms with Gasteiger partial charge in [0.15, 0.2) is 8.32 Å². The van der Waals surface area contributed by atoms with E-state index in [0.717, 1.165) is 23.2 Å². The lowest BCUT2D eigenvalue weighted by Crippen LogP contribution is -2.41. The van der Waals surface area contributed by atoms with Crippen molar-refractivity contribution in [2.24, 2.45) is 0 Å². The summed E-state index contributed by atoms with van der Waals surface area (Å²) in [5, 5.41) is 0.910. The average molecular weight is 394 g/mol. The highest BCUT2D eigenvalue weighted by Crippen LogP contribution is 2.36. The van der Waals surface area contributed by atoms with Crippen molar-refractivity contribution in [2.75, 3.05) is 6.61 Å². The van der Waals surface area contributed by atoms with Gasteiger partial charge in [0.1, 0.15) is 5.75 Å². The standard InChI is InChI=1S/C16H26BrClO2Si/c1-12(9-10-19-21(5,6)16(2,3)4)20-13-7-8-14(17)15(18)11-13/h7-8,11-12H,9-10H2,1-6H3. The van der Waals surface area contributed by atoms with Crippen LogP contribution in [0.25, 0.3) is 0 Å².